The molecule has 4 aliphatic rings. The monoisotopic (exact) mass is 450 g/mol. The van der Waals surface area contributed by atoms with Crippen molar-refractivity contribution in [3.8, 4) is 0 Å². The van der Waals surface area contributed by atoms with Gasteiger partial charge in [-0.1, -0.05) is 19.4 Å². The molecule has 3 fully saturated rings. The zero-order valence-corrected chi connectivity index (χ0v) is 19.0. The third kappa shape index (κ3) is 2.88. The first-order valence-electron chi connectivity index (χ1n) is 11.5. The van der Waals surface area contributed by atoms with Crippen LogP contribution in [0.3, 0.4) is 0 Å². The first kappa shape index (κ1) is 23.4. The van der Waals surface area contributed by atoms with Crippen LogP contribution in [-0.4, -0.2) is 62.6 Å². The molecule has 0 heterocycles. The van der Waals surface area contributed by atoms with E-state index < -0.39 is 51.9 Å². The Morgan fingerprint density at radius 2 is 1.91 bits per heavy atom. The van der Waals surface area contributed by atoms with Gasteiger partial charge in [-0.3, -0.25) is 14.4 Å². The Bertz CT molecular complexity index is 881. The van der Waals surface area contributed by atoms with Gasteiger partial charge in [-0.05, 0) is 50.5 Å². The summed E-state index contributed by atoms with van der Waals surface area (Å²) < 4.78 is 5.09. The van der Waals surface area contributed by atoms with Crippen LogP contribution in [-0.2, 0) is 19.1 Å². The van der Waals surface area contributed by atoms with Gasteiger partial charge in [-0.2, -0.15) is 0 Å². The van der Waals surface area contributed by atoms with Crippen LogP contribution in [0.4, 0.5) is 0 Å². The average Bonchev–Trinajstić information content (AvgIpc) is 2.98. The first-order valence-corrected chi connectivity index (χ1v) is 11.5. The number of methoxy groups -OCH3 is 1. The minimum atomic E-state index is -1.67. The number of carboxylic acids is 1. The van der Waals surface area contributed by atoms with Crippen molar-refractivity contribution in [1.29, 1.82) is 0 Å². The summed E-state index contributed by atoms with van der Waals surface area (Å²) in [5.74, 6) is -3.32. The fourth-order valence-corrected chi connectivity index (χ4v) is 7.84. The van der Waals surface area contributed by atoms with E-state index in [-0.39, 0.29) is 43.8 Å². The van der Waals surface area contributed by atoms with Gasteiger partial charge >= 0.3 is 11.9 Å². The standard InChI is InChI=1S/C24H34O8/c1-21-7-4-14(25)10-13(21)11-15(20(29)32-3)19-16-5-8-23(30,9-6-18(27)28)22(16,2)12-17(26)24(19,21)31/h10,15-17,19,26,30-31H,4-9,11-12H2,1-3H3,(H,27,28)/t15-,16+,17+,19+,21+,22+,23-,24-/m1/s1. The SMILES string of the molecule is COC(=O)[C@@H]1CC2=CC(=O)CC[C@]2(C)[C@]2(O)[C@@H]1[C@@H]1CC[C@@](O)(CCC(=O)O)[C@@]1(C)C[C@@H]2O. The molecule has 8 nitrogen and oxygen atoms in total. The van der Waals surface area contributed by atoms with E-state index in [1.807, 2.05) is 13.8 Å². The molecule has 0 aromatic heterocycles. The largest absolute Gasteiger partial charge is 0.481 e. The number of hydrogen-bond acceptors (Lipinski definition) is 7. The Morgan fingerprint density at radius 1 is 1.22 bits per heavy atom. The van der Waals surface area contributed by atoms with Crippen LogP contribution in [0.15, 0.2) is 11.6 Å². The van der Waals surface area contributed by atoms with Gasteiger partial charge in [0, 0.05) is 29.6 Å². The lowest BCUT2D eigenvalue weighted by atomic mass is 9.41. The molecule has 0 aromatic carbocycles. The summed E-state index contributed by atoms with van der Waals surface area (Å²) >= 11 is 0. The molecule has 0 bridgehead atoms. The predicted molar refractivity (Wildman–Crippen MR) is 112 cm³/mol. The second-order valence-electron chi connectivity index (χ2n) is 10.9. The van der Waals surface area contributed by atoms with Crippen LogP contribution in [0.5, 0.6) is 0 Å². The number of aliphatic hydroxyl groups excluding tert-OH is 1. The van der Waals surface area contributed by atoms with E-state index in [1.165, 1.54) is 13.2 Å². The number of fused-ring (bicyclic) bond motifs is 5. The van der Waals surface area contributed by atoms with E-state index in [0.717, 1.165) is 0 Å². The van der Waals surface area contributed by atoms with Crippen molar-refractivity contribution >= 4 is 17.7 Å². The number of carbonyl (C=O) groups is 3. The Hall–Kier alpha value is -1.77. The van der Waals surface area contributed by atoms with Crippen LogP contribution >= 0.6 is 0 Å². The number of carbonyl (C=O) groups excluding carboxylic acids is 2. The number of hydrogen-bond donors (Lipinski definition) is 4. The highest BCUT2D eigenvalue weighted by molar-refractivity contribution is 5.92. The van der Waals surface area contributed by atoms with Gasteiger partial charge < -0.3 is 25.2 Å². The maximum atomic E-state index is 12.9. The first-order chi connectivity index (χ1) is 14.8. The molecule has 8 atom stereocenters. The Balaban J connectivity index is 1.84. The molecule has 32 heavy (non-hydrogen) atoms. The topological polar surface area (TPSA) is 141 Å². The summed E-state index contributed by atoms with van der Waals surface area (Å²) in [5, 5.41) is 44.5. The highest BCUT2D eigenvalue weighted by Gasteiger charge is 2.74. The van der Waals surface area contributed by atoms with Crippen LogP contribution in [0.2, 0.25) is 0 Å². The molecule has 0 spiro atoms. The summed E-state index contributed by atoms with van der Waals surface area (Å²) in [4.78, 5) is 36.3. The molecule has 0 aromatic rings. The average molecular weight is 451 g/mol. The third-order valence-electron chi connectivity index (χ3n) is 9.75. The van der Waals surface area contributed by atoms with Gasteiger partial charge in [0.05, 0.1) is 24.7 Å². The lowest BCUT2D eigenvalue weighted by Crippen LogP contribution is -2.73. The number of aliphatic hydroxyl groups is 3. The second kappa shape index (κ2) is 7.37. The normalized spacial score (nSPS) is 47.7. The Morgan fingerprint density at radius 3 is 2.53 bits per heavy atom. The number of ketones is 1. The minimum Gasteiger partial charge on any atom is -0.481 e. The lowest BCUT2D eigenvalue weighted by Gasteiger charge is -2.66. The van der Waals surface area contributed by atoms with E-state index in [1.54, 1.807) is 0 Å². The van der Waals surface area contributed by atoms with Gasteiger partial charge in [0.2, 0.25) is 0 Å². The third-order valence-corrected chi connectivity index (χ3v) is 9.75. The predicted octanol–water partition coefficient (Wildman–Crippen LogP) is 1.60. The summed E-state index contributed by atoms with van der Waals surface area (Å²) in [6, 6.07) is 0. The molecule has 0 saturated heterocycles. The van der Waals surface area contributed by atoms with Crippen molar-refractivity contribution in [2.45, 2.75) is 82.5 Å². The van der Waals surface area contributed by atoms with Crippen molar-refractivity contribution in [3.05, 3.63) is 11.6 Å². The zero-order valence-electron chi connectivity index (χ0n) is 19.0. The van der Waals surface area contributed by atoms with E-state index >= 15 is 0 Å². The van der Waals surface area contributed by atoms with Gasteiger partial charge in [0.15, 0.2) is 5.78 Å². The maximum Gasteiger partial charge on any atom is 0.309 e. The van der Waals surface area contributed by atoms with Gasteiger partial charge in [0.1, 0.15) is 5.60 Å². The molecule has 3 saturated carbocycles. The molecule has 8 heteroatoms. The van der Waals surface area contributed by atoms with Crippen LogP contribution in [0.25, 0.3) is 0 Å². The molecule has 0 amide bonds. The van der Waals surface area contributed by atoms with E-state index in [2.05, 4.69) is 0 Å². The van der Waals surface area contributed by atoms with Crippen molar-refractivity contribution in [1.82, 2.24) is 0 Å². The summed E-state index contributed by atoms with van der Waals surface area (Å²) in [5.41, 5.74) is -4.06. The minimum absolute atomic E-state index is 0.0486. The fraction of sp³-hybridized carbons (Fsp3) is 0.792. The number of carboxylic acid groups (broad SMARTS) is 1. The highest BCUT2D eigenvalue weighted by Crippen LogP contribution is 2.70. The lowest BCUT2D eigenvalue weighted by molar-refractivity contribution is -0.273. The fourth-order valence-electron chi connectivity index (χ4n) is 7.84. The van der Waals surface area contributed by atoms with E-state index in [4.69, 9.17) is 4.74 Å². The zero-order chi connectivity index (χ0) is 23.7. The summed E-state index contributed by atoms with van der Waals surface area (Å²) in [6.07, 6.45) is 1.95. The van der Waals surface area contributed by atoms with Gasteiger partial charge in [-0.25, -0.2) is 0 Å². The Labute approximate surface area is 187 Å². The number of aliphatic carboxylic acids is 1. The number of esters is 1. The van der Waals surface area contributed by atoms with Crippen LogP contribution in [0, 0.1) is 28.6 Å². The van der Waals surface area contributed by atoms with Gasteiger partial charge in [0.25, 0.3) is 0 Å². The number of rotatable bonds is 4. The van der Waals surface area contributed by atoms with E-state index in [0.29, 0.717) is 24.8 Å². The van der Waals surface area contributed by atoms with Crippen LogP contribution in [0.1, 0.15) is 65.2 Å². The second-order valence-corrected chi connectivity index (χ2v) is 10.9. The molecule has 4 N–H and O–H groups in total. The molecule has 0 radical (unpaired) electrons. The summed E-state index contributed by atoms with van der Waals surface area (Å²) in [6.45, 7) is 3.71. The molecule has 178 valence electrons. The quantitative estimate of drug-likeness (QED) is 0.473. The maximum absolute atomic E-state index is 12.9. The Kier molecular flexibility index (Phi) is 5.39. The van der Waals surface area contributed by atoms with Crippen LogP contribution < -0.4 is 0 Å². The molecule has 4 aliphatic carbocycles. The number of ether oxygens (including phenoxy) is 1. The smallest absolute Gasteiger partial charge is 0.309 e. The van der Waals surface area contributed by atoms with Crippen molar-refractivity contribution in [3.63, 3.8) is 0 Å². The van der Waals surface area contributed by atoms with E-state index in [9.17, 15) is 34.8 Å². The van der Waals surface area contributed by atoms with Crippen molar-refractivity contribution in [2.24, 2.45) is 28.6 Å². The molecular weight excluding hydrogens is 416 g/mol. The highest BCUT2D eigenvalue weighted by atomic mass is 16.5. The molecular formula is C24H34O8. The van der Waals surface area contributed by atoms with Crippen molar-refractivity contribution in [2.75, 3.05) is 7.11 Å². The summed E-state index contributed by atoms with van der Waals surface area (Å²) in [7, 11) is 1.28. The molecule has 0 aliphatic heterocycles. The van der Waals surface area contributed by atoms with Gasteiger partial charge in [-0.15, -0.1) is 0 Å². The molecule has 0 unspecified atom stereocenters. The molecule has 4 rings (SSSR count). The van der Waals surface area contributed by atoms with Crippen molar-refractivity contribution < 1.29 is 39.5 Å².